The molecule has 2 aromatic heterocycles. The Hall–Kier alpha value is -1.78. The van der Waals surface area contributed by atoms with Gasteiger partial charge in [0.2, 0.25) is 0 Å². The van der Waals surface area contributed by atoms with E-state index in [2.05, 4.69) is 9.97 Å². The number of aromatic nitrogens is 2. The van der Waals surface area contributed by atoms with E-state index in [0.29, 0.717) is 13.2 Å². The van der Waals surface area contributed by atoms with Crippen molar-refractivity contribution in [1.29, 1.82) is 0 Å². The van der Waals surface area contributed by atoms with Crippen molar-refractivity contribution < 1.29 is 9.84 Å². The first-order valence-corrected chi connectivity index (χ1v) is 5.87. The minimum absolute atomic E-state index is 0.133. The second kappa shape index (κ2) is 9.27. The molecule has 4 nitrogen and oxygen atoms in total. The molecule has 0 bridgehead atoms. The van der Waals surface area contributed by atoms with Crippen LogP contribution in [0.1, 0.15) is 6.92 Å². The van der Waals surface area contributed by atoms with Gasteiger partial charge in [-0.25, -0.2) is 0 Å². The molecular weight excluding hydrogens is 228 g/mol. The van der Waals surface area contributed by atoms with Crippen LogP contribution in [0.5, 0.6) is 0 Å². The normalized spacial score (nSPS) is 9.44. The van der Waals surface area contributed by atoms with Crippen LogP contribution >= 0.6 is 0 Å². The van der Waals surface area contributed by atoms with Gasteiger partial charge < -0.3 is 9.84 Å². The predicted molar refractivity (Wildman–Crippen MR) is 71.0 cm³/mol. The minimum Gasteiger partial charge on any atom is -0.394 e. The molecule has 1 N–H and O–H groups in total. The number of hydrogen-bond donors (Lipinski definition) is 1. The van der Waals surface area contributed by atoms with Gasteiger partial charge >= 0.3 is 0 Å². The average Bonchev–Trinajstić information content (AvgIpc) is 2.48. The molecule has 4 heteroatoms. The number of aliphatic hydroxyl groups is 1. The Bertz CT molecular complexity index is 365. The van der Waals surface area contributed by atoms with Crippen molar-refractivity contribution in [1.82, 2.24) is 9.97 Å². The van der Waals surface area contributed by atoms with Gasteiger partial charge in [-0.05, 0) is 42.3 Å². The van der Waals surface area contributed by atoms with E-state index in [-0.39, 0.29) is 6.61 Å². The van der Waals surface area contributed by atoms with E-state index in [4.69, 9.17) is 9.84 Å². The van der Waals surface area contributed by atoms with E-state index in [1.165, 1.54) is 11.1 Å². The van der Waals surface area contributed by atoms with Crippen molar-refractivity contribution in [3.63, 3.8) is 0 Å². The topological polar surface area (TPSA) is 55.2 Å². The molecule has 2 aromatic rings. The summed E-state index contributed by atoms with van der Waals surface area (Å²) in [5.74, 6) is 0. The first-order chi connectivity index (χ1) is 8.88. The van der Waals surface area contributed by atoms with Gasteiger partial charge in [-0.1, -0.05) is 0 Å². The molecule has 0 saturated carbocycles. The predicted octanol–water partition coefficient (Wildman–Crippen LogP) is 2.16. The summed E-state index contributed by atoms with van der Waals surface area (Å²) in [6.45, 7) is 3.20. The zero-order valence-corrected chi connectivity index (χ0v) is 10.5. The second-order valence-electron chi connectivity index (χ2n) is 3.39. The summed E-state index contributed by atoms with van der Waals surface area (Å²) >= 11 is 0. The van der Waals surface area contributed by atoms with Gasteiger partial charge in [-0.15, -0.1) is 0 Å². The lowest BCUT2D eigenvalue weighted by Crippen LogP contribution is -1.96. The molecule has 2 rings (SSSR count). The summed E-state index contributed by atoms with van der Waals surface area (Å²) in [4.78, 5) is 7.91. The lowest BCUT2D eigenvalue weighted by atomic mass is 10.1. The van der Waals surface area contributed by atoms with Crippen molar-refractivity contribution in [3.05, 3.63) is 49.1 Å². The molecule has 0 amide bonds. The van der Waals surface area contributed by atoms with Gasteiger partial charge in [0.15, 0.2) is 0 Å². The highest BCUT2D eigenvalue weighted by Crippen LogP contribution is 2.15. The van der Waals surface area contributed by atoms with Gasteiger partial charge in [-0.2, -0.15) is 0 Å². The molecule has 0 unspecified atom stereocenters. The van der Waals surface area contributed by atoms with Crippen LogP contribution in [0.15, 0.2) is 49.1 Å². The van der Waals surface area contributed by atoms with Gasteiger partial charge in [-0.3, -0.25) is 9.97 Å². The summed E-state index contributed by atoms with van der Waals surface area (Å²) in [6, 6.07) is 7.93. The van der Waals surface area contributed by atoms with Crippen LogP contribution in [0.4, 0.5) is 0 Å². The van der Waals surface area contributed by atoms with Crippen LogP contribution in [-0.4, -0.2) is 34.9 Å². The zero-order valence-electron chi connectivity index (χ0n) is 10.5. The van der Waals surface area contributed by atoms with E-state index in [9.17, 15) is 0 Å². The van der Waals surface area contributed by atoms with E-state index in [0.717, 1.165) is 0 Å². The fourth-order valence-electron chi connectivity index (χ4n) is 1.30. The number of nitrogens with zero attached hydrogens (tertiary/aromatic N) is 2. The number of ether oxygens (including phenoxy) is 1. The Morgan fingerprint density at radius 2 is 1.39 bits per heavy atom. The van der Waals surface area contributed by atoms with E-state index in [1.807, 2.05) is 31.2 Å². The molecule has 0 aliphatic heterocycles. The van der Waals surface area contributed by atoms with Crippen molar-refractivity contribution in [3.8, 4) is 11.1 Å². The smallest absolute Gasteiger partial charge is 0.0697 e. The highest BCUT2D eigenvalue weighted by atomic mass is 16.5. The van der Waals surface area contributed by atoms with Gasteiger partial charge in [0, 0.05) is 31.4 Å². The monoisotopic (exact) mass is 246 g/mol. The Morgan fingerprint density at radius 3 is 1.67 bits per heavy atom. The molecule has 0 radical (unpaired) electrons. The molecule has 0 atom stereocenters. The lowest BCUT2D eigenvalue weighted by molar-refractivity contribution is 0.102. The fourth-order valence-corrected chi connectivity index (χ4v) is 1.30. The molecule has 0 fully saturated rings. The Kier molecular flexibility index (Phi) is 7.36. The molecule has 0 saturated heterocycles. The van der Waals surface area contributed by atoms with Gasteiger partial charge in [0.05, 0.1) is 13.2 Å². The van der Waals surface area contributed by atoms with Gasteiger partial charge in [0.1, 0.15) is 0 Å². The van der Waals surface area contributed by atoms with Crippen molar-refractivity contribution in [2.75, 3.05) is 19.8 Å². The standard InChI is InChI=1S/C10H8N2.C4H10O2/c1-5-11-6-2-9(1)10-3-7-12-8-4-10;1-2-6-4-3-5/h1-8H;5H,2-4H2,1H3. The molecule has 0 spiro atoms. The number of hydrogen-bond acceptors (Lipinski definition) is 4. The lowest BCUT2D eigenvalue weighted by Gasteiger charge is -1.97. The molecule has 0 aromatic carbocycles. The summed E-state index contributed by atoms with van der Waals surface area (Å²) in [5, 5.41) is 8.07. The van der Waals surface area contributed by atoms with Crippen LogP contribution in [0, 0.1) is 0 Å². The number of aliphatic hydroxyl groups excluding tert-OH is 1. The molecule has 96 valence electrons. The maximum Gasteiger partial charge on any atom is 0.0697 e. The molecule has 0 aliphatic carbocycles. The third-order valence-electron chi connectivity index (χ3n) is 2.13. The summed E-state index contributed by atoms with van der Waals surface area (Å²) in [5.41, 5.74) is 2.35. The first kappa shape index (κ1) is 14.3. The van der Waals surface area contributed by atoms with Gasteiger partial charge in [0.25, 0.3) is 0 Å². The zero-order chi connectivity index (χ0) is 13.1. The maximum atomic E-state index is 8.07. The van der Waals surface area contributed by atoms with Crippen molar-refractivity contribution in [2.24, 2.45) is 0 Å². The van der Waals surface area contributed by atoms with Crippen LogP contribution in [0.2, 0.25) is 0 Å². The molecule has 18 heavy (non-hydrogen) atoms. The Morgan fingerprint density at radius 1 is 0.944 bits per heavy atom. The summed E-state index contributed by atoms with van der Waals surface area (Å²) in [7, 11) is 0. The molecule has 2 heterocycles. The first-order valence-electron chi connectivity index (χ1n) is 5.87. The Labute approximate surface area is 107 Å². The highest BCUT2D eigenvalue weighted by Gasteiger charge is 1.92. The summed E-state index contributed by atoms with van der Waals surface area (Å²) < 4.78 is 4.73. The van der Waals surface area contributed by atoms with E-state index < -0.39 is 0 Å². The van der Waals surface area contributed by atoms with Crippen LogP contribution in [-0.2, 0) is 4.74 Å². The quantitative estimate of drug-likeness (QED) is 0.840. The Balaban J connectivity index is 0.000000232. The largest absolute Gasteiger partial charge is 0.394 e. The average molecular weight is 246 g/mol. The summed E-state index contributed by atoms with van der Waals surface area (Å²) in [6.07, 6.45) is 7.15. The van der Waals surface area contributed by atoms with E-state index in [1.54, 1.807) is 24.8 Å². The minimum atomic E-state index is 0.133. The third-order valence-corrected chi connectivity index (χ3v) is 2.13. The van der Waals surface area contributed by atoms with E-state index >= 15 is 0 Å². The molecule has 0 aliphatic rings. The van der Waals surface area contributed by atoms with Crippen LogP contribution < -0.4 is 0 Å². The third kappa shape index (κ3) is 5.52. The highest BCUT2D eigenvalue weighted by molar-refractivity contribution is 5.61. The SMILES string of the molecule is CCOCCO.c1cc(-c2ccncc2)ccn1. The fraction of sp³-hybridized carbons (Fsp3) is 0.286. The number of pyridine rings is 2. The van der Waals surface area contributed by atoms with Crippen molar-refractivity contribution in [2.45, 2.75) is 6.92 Å². The van der Waals surface area contributed by atoms with Crippen LogP contribution in [0.25, 0.3) is 11.1 Å². The van der Waals surface area contributed by atoms with Crippen LogP contribution in [0.3, 0.4) is 0 Å². The maximum absolute atomic E-state index is 8.07. The second-order valence-corrected chi connectivity index (χ2v) is 3.39. The molecular formula is C14H18N2O2. The van der Waals surface area contributed by atoms with Crippen molar-refractivity contribution >= 4 is 0 Å². The number of rotatable bonds is 4.